The third-order valence-corrected chi connectivity index (χ3v) is 5.65. The Morgan fingerprint density at radius 1 is 1.06 bits per heavy atom. The van der Waals surface area contributed by atoms with Crippen molar-refractivity contribution in [3.63, 3.8) is 0 Å². The Morgan fingerprint density at radius 2 is 1.85 bits per heavy atom. The van der Waals surface area contributed by atoms with Crippen molar-refractivity contribution < 1.29 is 19.1 Å². The minimum Gasteiger partial charge on any atom is -0.497 e. The topological polar surface area (TPSA) is 94.8 Å². The normalized spacial score (nSPS) is 10.7. The number of hydrogen-bond acceptors (Lipinski definition) is 7. The van der Waals surface area contributed by atoms with Gasteiger partial charge in [-0.25, -0.2) is 14.3 Å². The third kappa shape index (κ3) is 5.32. The van der Waals surface area contributed by atoms with Crippen molar-refractivity contribution in [1.82, 2.24) is 14.6 Å². The molecule has 2 heterocycles. The maximum atomic E-state index is 12.5. The lowest BCUT2D eigenvalue weighted by Crippen LogP contribution is -2.17. The molecule has 0 aliphatic heterocycles. The number of thioether (sulfide) groups is 1. The molecule has 4 rings (SSSR count). The van der Waals surface area contributed by atoms with Gasteiger partial charge in [-0.2, -0.15) is 5.10 Å². The second-order valence-corrected chi connectivity index (χ2v) is 7.93. The first-order valence-corrected chi connectivity index (χ1v) is 11.3. The Kier molecular flexibility index (Phi) is 6.89. The summed E-state index contributed by atoms with van der Waals surface area (Å²) in [6, 6.07) is 18.1. The number of carbonyl (C=O) groups excluding carboxylic acids is 2. The summed E-state index contributed by atoms with van der Waals surface area (Å²) in [7, 11) is 1.63. The minimum atomic E-state index is -0.471. The Balaban J connectivity index is 1.42. The molecular formula is C24H22N4O4S. The number of benzene rings is 2. The van der Waals surface area contributed by atoms with Gasteiger partial charge >= 0.3 is 5.97 Å². The van der Waals surface area contributed by atoms with E-state index >= 15 is 0 Å². The van der Waals surface area contributed by atoms with Gasteiger partial charge in [-0.3, -0.25) is 4.79 Å². The van der Waals surface area contributed by atoms with Crippen molar-refractivity contribution in [3.8, 4) is 17.0 Å². The lowest BCUT2D eigenvalue weighted by Gasteiger charge is -2.10. The van der Waals surface area contributed by atoms with Gasteiger partial charge in [-0.15, -0.1) is 0 Å². The maximum absolute atomic E-state index is 12.5. The first kappa shape index (κ1) is 22.3. The second kappa shape index (κ2) is 10.2. The highest BCUT2D eigenvalue weighted by Gasteiger charge is 2.14. The first-order valence-electron chi connectivity index (χ1n) is 10.3. The molecule has 2 aromatic heterocycles. The summed E-state index contributed by atoms with van der Waals surface area (Å²) in [4.78, 5) is 29.2. The number of fused-ring (bicyclic) bond motifs is 1. The molecule has 4 aromatic rings. The lowest BCUT2D eigenvalue weighted by molar-refractivity contribution is -0.113. The highest BCUT2D eigenvalue weighted by Crippen LogP contribution is 2.23. The van der Waals surface area contributed by atoms with Gasteiger partial charge in [0.05, 0.1) is 42.6 Å². The highest BCUT2D eigenvalue weighted by atomic mass is 32.2. The number of carbonyl (C=O) groups is 2. The van der Waals surface area contributed by atoms with Crippen LogP contribution in [0.15, 0.2) is 71.9 Å². The number of nitrogens with zero attached hydrogens (tertiary/aromatic N) is 3. The van der Waals surface area contributed by atoms with Crippen molar-refractivity contribution in [2.75, 3.05) is 24.8 Å². The summed E-state index contributed by atoms with van der Waals surface area (Å²) < 4.78 is 11.9. The van der Waals surface area contributed by atoms with Crippen molar-refractivity contribution >= 4 is 35.0 Å². The van der Waals surface area contributed by atoms with E-state index < -0.39 is 5.97 Å². The van der Waals surface area contributed by atoms with Gasteiger partial charge in [-0.05, 0) is 55.5 Å². The van der Waals surface area contributed by atoms with E-state index in [2.05, 4.69) is 15.4 Å². The number of esters is 1. The molecule has 0 spiro atoms. The number of hydrogen-bond donors (Lipinski definition) is 1. The molecule has 0 atom stereocenters. The molecule has 1 amide bonds. The van der Waals surface area contributed by atoms with Gasteiger partial charge in [0.1, 0.15) is 10.8 Å². The van der Waals surface area contributed by atoms with E-state index in [1.807, 2.05) is 42.6 Å². The van der Waals surface area contributed by atoms with Crippen molar-refractivity contribution in [3.05, 3.63) is 72.4 Å². The van der Waals surface area contributed by atoms with Crippen molar-refractivity contribution in [1.29, 1.82) is 0 Å². The summed E-state index contributed by atoms with van der Waals surface area (Å²) in [6.45, 7) is 2.00. The van der Waals surface area contributed by atoms with E-state index in [0.29, 0.717) is 21.9 Å². The van der Waals surface area contributed by atoms with Crippen LogP contribution in [-0.4, -0.2) is 45.9 Å². The van der Waals surface area contributed by atoms with Crippen LogP contribution >= 0.6 is 11.8 Å². The van der Waals surface area contributed by atoms with Gasteiger partial charge in [0.15, 0.2) is 5.65 Å². The number of nitrogens with one attached hydrogen (secondary N) is 1. The molecule has 0 radical (unpaired) electrons. The average Bonchev–Trinajstić information content (AvgIpc) is 3.27. The molecule has 0 saturated heterocycles. The quantitative estimate of drug-likeness (QED) is 0.308. The van der Waals surface area contributed by atoms with Crippen LogP contribution < -0.4 is 10.1 Å². The standard InChI is InChI=1S/C24H22N4O4S/c1-3-32-24(30)18-6-4-5-7-19(18)26-22(29)15-33-23-13-12-21-25-20(14-28(21)27-23)16-8-10-17(31-2)11-9-16/h4-14H,3,15H2,1-2H3,(H,26,29). The van der Waals surface area contributed by atoms with Crippen LogP contribution in [0.3, 0.4) is 0 Å². The number of aromatic nitrogens is 3. The largest absolute Gasteiger partial charge is 0.497 e. The molecule has 0 aliphatic carbocycles. The molecule has 0 unspecified atom stereocenters. The maximum Gasteiger partial charge on any atom is 0.340 e. The van der Waals surface area contributed by atoms with E-state index in [4.69, 9.17) is 9.47 Å². The Hall–Kier alpha value is -3.85. The van der Waals surface area contributed by atoms with Gasteiger partial charge in [0, 0.05) is 5.56 Å². The van der Waals surface area contributed by atoms with Crippen LogP contribution in [0, 0.1) is 0 Å². The number of para-hydroxylation sites is 1. The fourth-order valence-electron chi connectivity index (χ4n) is 3.15. The first-order chi connectivity index (χ1) is 16.1. The average molecular weight is 463 g/mol. The molecule has 0 saturated carbocycles. The fraction of sp³-hybridized carbons (Fsp3) is 0.167. The van der Waals surface area contributed by atoms with Crippen molar-refractivity contribution in [2.45, 2.75) is 11.9 Å². The highest BCUT2D eigenvalue weighted by molar-refractivity contribution is 7.99. The molecule has 8 nitrogen and oxygen atoms in total. The molecule has 2 aromatic carbocycles. The predicted octanol–water partition coefficient (Wildman–Crippen LogP) is 4.31. The summed E-state index contributed by atoms with van der Waals surface area (Å²) in [5.74, 6) is 0.196. The van der Waals surface area contributed by atoms with Crippen LogP contribution in [-0.2, 0) is 9.53 Å². The smallest absolute Gasteiger partial charge is 0.340 e. The summed E-state index contributed by atoms with van der Waals surface area (Å²) in [5.41, 5.74) is 3.19. The van der Waals surface area contributed by atoms with Crippen LogP contribution in [0.25, 0.3) is 16.9 Å². The predicted molar refractivity (Wildman–Crippen MR) is 127 cm³/mol. The third-order valence-electron chi connectivity index (χ3n) is 4.73. The minimum absolute atomic E-state index is 0.135. The molecule has 33 heavy (non-hydrogen) atoms. The van der Waals surface area contributed by atoms with Gasteiger partial charge in [0.25, 0.3) is 0 Å². The molecule has 0 bridgehead atoms. The zero-order chi connectivity index (χ0) is 23.2. The monoisotopic (exact) mass is 462 g/mol. The van der Waals surface area contributed by atoms with Crippen LogP contribution in [0.2, 0.25) is 0 Å². The molecule has 9 heteroatoms. The number of amides is 1. The lowest BCUT2D eigenvalue weighted by atomic mass is 10.2. The number of imidazole rings is 1. The van der Waals surface area contributed by atoms with E-state index in [0.717, 1.165) is 17.0 Å². The van der Waals surface area contributed by atoms with E-state index in [9.17, 15) is 9.59 Å². The zero-order valence-electron chi connectivity index (χ0n) is 18.1. The van der Waals surface area contributed by atoms with Gasteiger partial charge < -0.3 is 14.8 Å². The van der Waals surface area contributed by atoms with Crippen molar-refractivity contribution in [2.24, 2.45) is 0 Å². The summed E-state index contributed by atoms with van der Waals surface area (Å²) in [6.07, 6.45) is 1.84. The molecular weight excluding hydrogens is 440 g/mol. The van der Waals surface area contributed by atoms with Crippen LogP contribution in [0.1, 0.15) is 17.3 Å². The number of rotatable bonds is 8. The Labute approximate surface area is 194 Å². The number of methoxy groups -OCH3 is 1. The molecule has 0 fully saturated rings. The molecule has 168 valence electrons. The SMILES string of the molecule is CCOC(=O)c1ccccc1NC(=O)CSc1ccc2nc(-c3ccc(OC)cc3)cn2n1. The number of anilines is 1. The summed E-state index contributed by atoms with van der Waals surface area (Å²) in [5, 5.41) is 7.99. The van der Waals surface area contributed by atoms with E-state index in [-0.39, 0.29) is 18.3 Å². The fourth-order valence-corrected chi connectivity index (χ4v) is 3.81. The van der Waals surface area contributed by atoms with E-state index in [1.165, 1.54) is 11.8 Å². The number of ether oxygens (including phenoxy) is 2. The molecule has 1 N–H and O–H groups in total. The molecule has 0 aliphatic rings. The van der Waals surface area contributed by atoms with Gasteiger partial charge in [-0.1, -0.05) is 23.9 Å². The Morgan fingerprint density at radius 3 is 2.61 bits per heavy atom. The van der Waals surface area contributed by atoms with Gasteiger partial charge in [0.2, 0.25) is 5.91 Å². The Bertz CT molecular complexity index is 1290. The summed E-state index contributed by atoms with van der Waals surface area (Å²) >= 11 is 1.29. The zero-order valence-corrected chi connectivity index (χ0v) is 19.0. The second-order valence-electron chi connectivity index (χ2n) is 6.93. The van der Waals surface area contributed by atoms with Crippen LogP contribution in [0.4, 0.5) is 5.69 Å². The van der Waals surface area contributed by atoms with E-state index in [1.54, 1.807) is 42.8 Å². The van der Waals surface area contributed by atoms with Crippen LogP contribution in [0.5, 0.6) is 5.75 Å².